The summed E-state index contributed by atoms with van der Waals surface area (Å²) in [6.07, 6.45) is -2.76. The Hall–Kier alpha value is -3.09. The fraction of sp³-hybridized carbons (Fsp3) is 0.300. The number of hydrogen-bond acceptors (Lipinski definition) is 6. The van der Waals surface area contributed by atoms with E-state index in [9.17, 15) is 22.0 Å². The second-order valence-corrected chi connectivity index (χ2v) is 8.90. The van der Waals surface area contributed by atoms with Crippen molar-refractivity contribution in [3.05, 3.63) is 47.8 Å². The lowest BCUT2D eigenvalue weighted by atomic mass is 10.2. The van der Waals surface area contributed by atoms with Gasteiger partial charge in [-0.05, 0) is 36.4 Å². The van der Waals surface area contributed by atoms with Gasteiger partial charge in [-0.3, -0.25) is 4.79 Å². The largest absolute Gasteiger partial charge is 0.495 e. The number of nitrogens with one attached hydrogen (secondary N) is 2. The lowest BCUT2D eigenvalue weighted by Gasteiger charge is -2.26. The molecular formula is C20H20F2N4O5S. The van der Waals surface area contributed by atoms with Crippen molar-refractivity contribution in [3.63, 3.8) is 0 Å². The predicted molar refractivity (Wildman–Crippen MR) is 112 cm³/mol. The SMILES string of the molecule is COc1ccc(NC(=O)c2ccc3nc(C(F)F)[nH]c3c2)cc1S(=O)(=O)N1CCOCC1. The Morgan fingerprint density at radius 2 is 1.97 bits per heavy atom. The van der Waals surface area contributed by atoms with Gasteiger partial charge >= 0.3 is 0 Å². The number of rotatable bonds is 6. The summed E-state index contributed by atoms with van der Waals surface area (Å²) in [5.74, 6) is -0.876. The van der Waals surface area contributed by atoms with Crippen molar-refractivity contribution in [2.75, 3.05) is 38.7 Å². The molecule has 2 aromatic carbocycles. The number of morpholine rings is 1. The number of carbonyl (C=O) groups is 1. The van der Waals surface area contributed by atoms with E-state index in [2.05, 4.69) is 15.3 Å². The number of nitrogens with zero attached hydrogens (tertiary/aromatic N) is 2. The van der Waals surface area contributed by atoms with Gasteiger partial charge in [0.2, 0.25) is 10.0 Å². The number of alkyl halides is 2. The normalized spacial score (nSPS) is 15.2. The first kappa shape index (κ1) is 22.1. The van der Waals surface area contributed by atoms with Crippen molar-refractivity contribution >= 4 is 32.7 Å². The van der Waals surface area contributed by atoms with Gasteiger partial charge in [-0.25, -0.2) is 22.2 Å². The molecule has 0 radical (unpaired) electrons. The molecule has 2 heterocycles. The maximum Gasteiger partial charge on any atom is 0.295 e. The Morgan fingerprint density at radius 1 is 1.22 bits per heavy atom. The summed E-state index contributed by atoms with van der Waals surface area (Å²) in [5, 5.41) is 2.63. The number of carbonyl (C=O) groups excluding carboxylic acids is 1. The number of aromatic amines is 1. The molecule has 3 aromatic rings. The standard InChI is InChI=1S/C20H20F2N4O5S/c1-30-16-5-3-13(11-17(16)32(28,29)26-6-8-31-9-7-26)23-20(27)12-2-4-14-15(10-12)25-19(24-14)18(21)22/h2-5,10-11,18H,6-9H2,1H3,(H,23,27)(H,24,25). The molecule has 0 spiro atoms. The van der Waals surface area contributed by atoms with Gasteiger partial charge in [-0.15, -0.1) is 0 Å². The number of ether oxygens (including phenoxy) is 2. The van der Waals surface area contributed by atoms with E-state index >= 15 is 0 Å². The Balaban J connectivity index is 1.61. The first-order valence-electron chi connectivity index (χ1n) is 9.64. The van der Waals surface area contributed by atoms with Crippen LogP contribution in [0.25, 0.3) is 11.0 Å². The number of methoxy groups -OCH3 is 1. The highest BCUT2D eigenvalue weighted by Crippen LogP contribution is 2.30. The summed E-state index contributed by atoms with van der Waals surface area (Å²) in [4.78, 5) is 18.9. The lowest BCUT2D eigenvalue weighted by Crippen LogP contribution is -2.40. The summed E-state index contributed by atoms with van der Waals surface area (Å²) >= 11 is 0. The topological polar surface area (TPSA) is 114 Å². The van der Waals surface area contributed by atoms with Crippen LogP contribution < -0.4 is 10.1 Å². The quantitative estimate of drug-likeness (QED) is 0.578. The number of halogens is 2. The van der Waals surface area contributed by atoms with Crippen LogP contribution in [0.4, 0.5) is 14.5 Å². The molecule has 32 heavy (non-hydrogen) atoms. The molecule has 12 heteroatoms. The summed E-state index contributed by atoms with van der Waals surface area (Å²) in [5.41, 5.74) is 1.02. The maximum atomic E-state index is 13.1. The molecule has 2 N–H and O–H groups in total. The van der Waals surface area contributed by atoms with Gasteiger partial charge < -0.3 is 19.8 Å². The average Bonchev–Trinajstić information content (AvgIpc) is 3.23. The van der Waals surface area contributed by atoms with E-state index in [1.54, 1.807) is 0 Å². The van der Waals surface area contributed by atoms with E-state index in [0.717, 1.165) is 0 Å². The molecule has 1 aromatic heterocycles. The molecule has 1 aliphatic rings. The second-order valence-electron chi connectivity index (χ2n) is 6.99. The number of hydrogen-bond donors (Lipinski definition) is 2. The number of imidazole rings is 1. The number of anilines is 1. The average molecular weight is 466 g/mol. The highest BCUT2D eigenvalue weighted by Gasteiger charge is 2.29. The monoisotopic (exact) mass is 466 g/mol. The number of fused-ring (bicyclic) bond motifs is 1. The first-order valence-corrected chi connectivity index (χ1v) is 11.1. The van der Waals surface area contributed by atoms with Gasteiger partial charge in [0.05, 0.1) is 31.4 Å². The summed E-state index contributed by atoms with van der Waals surface area (Å²) in [7, 11) is -2.51. The lowest BCUT2D eigenvalue weighted by molar-refractivity contribution is 0.0729. The van der Waals surface area contributed by atoms with Crippen molar-refractivity contribution in [1.82, 2.24) is 14.3 Å². The highest BCUT2D eigenvalue weighted by molar-refractivity contribution is 7.89. The van der Waals surface area contributed by atoms with Gasteiger partial charge in [0.15, 0.2) is 5.82 Å². The summed E-state index contributed by atoms with van der Waals surface area (Å²) in [6.45, 7) is 1.02. The maximum absolute atomic E-state index is 13.1. The third-order valence-corrected chi connectivity index (χ3v) is 6.90. The summed E-state index contributed by atoms with van der Waals surface area (Å²) in [6, 6.07) is 8.59. The molecule has 1 aliphatic heterocycles. The minimum absolute atomic E-state index is 0.0784. The van der Waals surface area contributed by atoms with Gasteiger partial charge in [0, 0.05) is 24.3 Å². The van der Waals surface area contributed by atoms with Crippen LogP contribution in [0.1, 0.15) is 22.6 Å². The Morgan fingerprint density at radius 3 is 2.66 bits per heavy atom. The van der Waals surface area contributed by atoms with Crippen LogP contribution >= 0.6 is 0 Å². The fourth-order valence-electron chi connectivity index (χ4n) is 3.36. The zero-order valence-electron chi connectivity index (χ0n) is 17.0. The molecule has 170 valence electrons. The molecule has 1 saturated heterocycles. The Kier molecular flexibility index (Phi) is 6.09. The molecule has 0 bridgehead atoms. The van der Waals surface area contributed by atoms with Crippen LogP contribution in [0.15, 0.2) is 41.3 Å². The van der Waals surface area contributed by atoms with Crippen LogP contribution in [-0.4, -0.2) is 62.0 Å². The van der Waals surface area contributed by atoms with Crippen LogP contribution in [0.5, 0.6) is 5.75 Å². The molecular weight excluding hydrogens is 446 g/mol. The number of amides is 1. The van der Waals surface area contributed by atoms with E-state index in [-0.39, 0.29) is 35.0 Å². The van der Waals surface area contributed by atoms with Gasteiger partial charge in [-0.2, -0.15) is 4.31 Å². The minimum Gasteiger partial charge on any atom is -0.495 e. The number of benzene rings is 2. The van der Waals surface area contributed by atoms with Crippen LogP contribution in [-0.2, 0) is 14.8 Å². The molecule has 0 atom stereocenters. The second kappa shape index (κ2) is 8.81. The van der Waals surface area contributed by atoms with E-state index < -0.39 is 28.2 Å². The molecule has 0 unspecified atom stereocenters. The van der Waals surface area contributed by atoms with Crippen molar-refractivity contribution in [2.24, 2.45) is 0 Å². The van der Waals surface area contributed by atoms with Crippen molar-refractivity contribution < 1.29 is 31.5 Å². The van der Waals surface area contributed by atoms with Crippen molar-refractivity contribution in [2.45, 2.75) is 11.3 Å². The van der Waals surface area contributed by atoms with Gasteiger partial charge in [-0.1, -0.05) is 0 Å². The van der Waals surface area contributed by atoms with E-state index in [1.807, 2.05) is 0 Å². The highest BCUT2D eigenvalue weighted by atomic mass is 32.2. The molecule has 4 rings (SSSR count). The van der Waals surface area contributed by atoms with Gasteiger partial charge in [0.1, 0.15) is 10.6 Å². The smallest absolute Gasteiger partial charge is 0.295 e. The third kappa shape index (κ3) is 4.29. The number of H-pyrrole nitrogens is 1. The first-order chi connectivity index (χ1) is 15.3. The molecule has 1 fully saturated rings. The zero-order chi connectivity index (χ0) is 22.9. The Bertz CT molecular complexity index is 1260. The van der Waals surface area contributed by atoms with E-state index in [4.69, 9.17) is 9.47 Å². The predicted octanol–water partition coefficient (Wildman–Crippen LogP) is 2.78. The molecule has 0 saturated carbocycles. The number of aromatic nitrogens is 2. The third-order valence-electron chi connectivity index (χ3n) is 4.98. The molecule has 9 nitrogen and oxygen atoms in total. The van der Waals surface area contributed by atoms with Crippen molar-refractivity contribution in [1.29, 1.82) is 0 Å². The van der Waals surface area contributed by atoms with Crippen molar-refractivity contribution in [3.8, 4) is 5.75 Å². The minimum atomic E-state index is -3.87. The van der Waals surface area contributed by atoms with Gasteiger partial charge in [0.25, 0.3) is 12.3 Å². The Labute approximate surface area is 182 Å². The van der Waals surface area contributed by atoms with Crippen LogP contribution in [0.3, 0.4) is 0 Å². The number of sulfonamides is 1. The van der Waals surface area contributed by atoms with E-state index in [0.29, 0.717) is 24.2 Å². The molecule has 0 aliphatic carbocycles. The zero-order valence-corrected chi connectivity index (χ0v) is 17.8. The van der Waals surface area contributed by atoms with Crippen LogP contribution in [0, 0.1) is 0 Å². The van der Waals surface area contributed by atoms with E-state index in [1.165, 1.54) is 47.8 Å². The summed E-state index contributed by atoms with van der Waals surface area (Å²) < 4.78 is 63.6. The fourth-order valence-corrected chi connectivity index (χ4v) is 4.95. The van der Waals surface area contributed by atoms with Crippen LogP contribution in [0.2, 0.25) is 0 Å². The molecule has 1 amide bonds.